The first-order valence-electron chi connectivity index (χ1n) is 8.94. The Balaban J connectivity index is 2.06. The van der Waals surface area contributed by atoms with Gasteiger partial charge in [0.25, 0.3) is 5.91 Å². The zero-order valence-corrected chi connectivity index (χ0v) is 16.9. The van der Waals surface area contributed by atoms with E-state index in [-0.39, 0.29) is 12.5 Å². The lowest BCUT2D eigenvalue weighted by atomic mass is 10.1. The van der Waals surface area contributed by atoms with Crippen LogP contribution in [0.2, 0.25) is 0 Å². The van der Waals surface area contributed by atoms with Gasteiger partial charge in [0, 0.05) is 12.1 Å². The van der Waals surface area contributed by atoms with Crippen molar-refractivity contribution < 1.29 is 28.5 Å². The maximum absolute atomic E-state index is 12.6. The van der Waals surface area contributed by atoms with Gasteiger partial charge in [-0.2, -0.15) is 0 Å². The molecule has 0 aliphatic heterocycles. The van der Waals surface area contributed by atoms with E-state index in [4.69, 9.17) is 23.7 Å². The molecule has 0 bridgehead atoms. The first-order valence-corrected chi connectivity index (χ1v) is 8.94. The molecule has 28 heavy (non-hydrogen) atoms. The number of methoxy groups -OCH3 is 4. The molecule has 0 spiro atoms. The molecule has 7 heteroatoms. The quantitative estimate of drug-likeness (QED) is 0.673. The monoisotopic (exact) mass is 389 g/mol. The van der Waals surface area contributed by atoms with Crippen LogP contribution in [0.25, 0.3) is 0 Å². The van der Waals surface area contributed by atoms with E-state index in [2.05, 4.69) is 5.32 Å². The molecule has 0 radical (unpaired) electrons. The standard InChI is InChI=1S/C21H27NO6/c1-6-17(28-16-10-8-15(24-2)9-11-16)21(23)22-13-14-7-12-18(25-3)20(27-5)19(14)26-4/h7-12,17H,6,13H2,1-5H3,(H,22,23)/t17-/m1/s1. The Morgan fingerprint density at radius 2 is 1.50 bits per heavy atom. The third-order valence-corrected chi connectivity index (χ3v) is 4.24. The largest absolute Gasteiger partial charge is 0.497 e. The molecule has 1 N–H and O–H groups in total. The van der Waals surface area contributed by atoms with Crippen molar-refractivity contribution in [1.29, 1.82) is 0 Å². The summed E-state index contributed by atoms with van der Waals surface area (Å²) in [6, 6.07) is 10.7. The van der Waals surface area contributed by atoms with E-state index < -0.39 is 6.10 Å². The second-order valence-electron chi connectivity index (χ2n) is 5.90. The van der Waals surface area contributed by atoms with Gasteiger partial charge in [-0.1, -0.05) is 6.92 Å². The van der Waals surface area contributed by atoms with Crippen molar-refractivity contribution in [3.05, 3.63) is 42.0 Å². The lowest BCUT2D eigenvalue weighted by Gasteiger charge is -2.19. The fourth-order valence-corrected chi connectivity index (χ4v) is 2.74. The van der Waals surface area contributed by atoms with Gasteiger partial charge in [0.15, 0.2) is 17.6 Å². The van der Waals surface area contributed by atoms with Crippen LogP contribution in [0.3, 0.4) is 0 Å². The predicted octanol–water partition coefficient (Wildman–Crippen LogP) is 3.19. The molecule has 2 rings (SSSR count). The van der Waals surface area contributed by atoms with Crippen LogP contribution in [0.15, 0.2) is 36.4 Å². The molecule has 152 valence electrons. The topological polar surface area (TPSA) is 75.3 Å². The minimum absolute atomic E-state index is 0.213. The molecular formula is C21H27NO6. The number of carbonyl (C=O) groups excluding carboxylic acids is 1. The molecule has 0 aliphatic carbocycles. The third-order valence-electron chi connectivity index (χ3n) is 4.24. The summed E-state index contributed by atoms with van der Waals surface area (Å²) in [5.74, 6) is 2.68. The average Bonchev–Trinajstić information content (AvgIpc) is 2.75. The van der Waals surface area contributed by atoms with Crippen LogP contribution >= 0.6 is 0 Å². The van der Waals surface area contributed by atoms with Gasteiger partial charge in [-0.15, -0.1) is 0 Å². The lowest BCUT2D eigenvalue weighted by molar-refractivity contribution is -0.128. The van der Waals surface area contributed by atoms with E-state index in [1.54, 1.807) is 58.8 Å². The number of benzene rings is 2. The number of nitrogens with one attached hydrogen (secondary N) is 1. The number of hydrogen-bond donors (Lipinski definition) is 1. The van der Waals surface area contributed by atoms with Gasteiger partial charge in [-0.05, 0) is 42.8 Å². The average molecular weight is 389 g/mol. The number of rotatable bonds is 10. The van der Waals surface area contributed by atoms with Crippen LogP contribution in [0.1, 0.15) is 18.9 Å². The highest BCUT2D eigenvalue weighted by molar-refractivity contribution is 5.81. The summed E-state index contributed by atoms with van der Waals surface area (Å²) in [6.45, 7) is 2.16. The predicted molar refractivity (Wildman–Crippen MR) is 106 cm³/mol. The van der Waals surface area contributed by atoms with Crippen molar-refractivity contribution in [1.82, 2.24) is 5.32 Å². The van der Waals surface area contributed by atoms with Crippen LogP contribution in [-0.4, -0.2) is 40.5 Å². The zero-order valence-electron chi connectivity index (χ0n) is 16.9. The molecule has 0 aromatic heterocycles. The lowest BCUT2D eigenvalue weighted by Crippen LogP contribution is -2.37. The summed E-state index contributed by atoms with van der Waals surface area (Å²) in [7, 11) is 6.24. The van der Waals surface area contributed by atoms with E-state index >= 15 is 0 Å². The van der Waals surface area contributed by atoms with Crippen molar-refractivity contribution in [3.63, 3.8) is 0 Å². The first-order chi connectivity index (χ1) is 13.6. The number of hydrogen-bond acceptors (Lipinski definition) is 6. The Morgan fingerprint density at radius 3 is 2.04 bits per heavy atom. The van der Waals surface area contributed by atoms with Crippen LogP contribution in [0, 0.1) is 0 Å². The van der Waals surface area contributed by atoms with E-state index in [0.717, 1.165) is 11.3 Å². The normalized spacial score (nSPS) is 11.3. The Kier molecular flexibility index (Phi) is 7.80. The minimum atomic E-state index is -0.612. The Hall–Kier alpha value is -3.09. The Labute approximate surface area is 165 Å². The zero-order chi connectivity index (χ0) is 20.5. The molecule has 1 amide bonds. The summed E-state index contributed by atoms with van der Waals surface area (Å²) < 4.78 is 27.0. The maximum Gasteiger partial charge on any atom is 0.261 e. The summed E-state index contributed by atoms with van der Waals surface area (Å²) in [4.78, 5) is 12.6. The van der Waals surface area contributed by atoms with Gasteiger partial charge in [0.1, 0.15) is 11.5 Å². The van der Waals surface area contributed by atoms with Crippen molar-refractivity contribution >= 4 is 5.91 Å². The molecule has 2 aromatic carbocycles. The molecule has 0 heterocycles. The smallest absolute Gasteiger partial charge is 0.261 e. The summed E-state index contributed by atoms with van der Waals surface area (Å²) in [6.07, 6.45) is -0.0828. The SMILES string of the molecule is CC[C@@H](Oc1ccc(OC)cc1)C(=O)NCc1ccc(OC)c(OC)c1OC. The van der Waals surface area contributed by atoms with Gasteiger partial charge in [-0.3, -0.25) is 4.79 Å². The van der Waals surface area contributed by atoms with Crippen molar-refractivity contribution in [2.24, 2.45) is 0 Å². The van der Waals surface area contributed by atoms with Crippen LogP contribution in [0.4, 0.5) is 0 Å². The number of carbonyl (C=O) groups is 1. The van der Waals surface area contributed by atoms with Gasteiger partial charge >= 0.3 is 0 Å². The van der Waals surface area contributed by atoms with E-state index in [1.165, 1.54) is 0 Å². The minimum Gasteiger partial charge on any atom is -0.497 e. The Bertz CT molecular complexity index is 775. The van der Waals surface area contributed by atoms with Gasteiger partial charge < -0.3 is 29.0 Å². The molecule has 0 fully saturated rings. The van der Waals surface area contributed by atoms with Gasteiger partial charge in [-0.25, -0.2) is 0 Å². The van der Waals surface area contributed by atoms with Crippen molar-refractivity contribution in [3.8, 4) is 28.7 Å². The molecule has 2 aromatic rings. The second-order valence-corrected chi connectivity index (χ2v) is 5.90. The van der Waals surface area contributed by atoms with E-state index in [1.807, 2.05) is 13.0 Å². The highest BCUT2D eigenvalue weighted by Gasteiger charge is 2.20. The van der Waals surface area contributed by atoms with Crippen LogP contribution in [-0.2, 0) is 11.3 Å². The summed E-state index contributed by atoms with van der Waals surface area (Å²) in [5, 5.41) is 2.89. The van der Waals surface area contributed by atoms with Gasteiger partial charge in [0.05, 0.1) is 28.4 Å². The molecular weight excluding hydrogens is 362 g/mol. The maximum atomic E-state index is 12.6. The third kappa shape index (κ3) is 5.00. The van der Waals surface area contributed by atoms with E-state index in [0.29, 0.717) is 29.4 Å². The fourth-order valence-electron chi connectivity index (χ4n) is 2.74. The van der Waals surface area contributed by atoms with Crippen molar-refractivity contribution in [2.45, 2.75) is 26.0 Å². The molecule has 7 nitrogen and oxygen atoms in total. The number of ether oxygens (including phenoxy) is 5. The molecule has 0 saturated heterocycles. The summed E-state index contributed by atoms with van der Waals surface area (Å²) in [5.41, 5.74) is 0.771. The molecule has 1 atom stereocenters. The second kappa shape index (κ2) is 10.3. The summed E-state index contributed by atoms with van der Waals surface area (Å²) >= 11 is 0. The Morgan fingerprint density at radius 1 is 0.857 bits per heavy atom. The fraction of sp³-hybridized carbons (Fsp3) is 0.381. The number of amides is 1. The molecule has 0 unspecified atom stereocenters. The van der Waals surface area contributed by atoms with E-state index in [9.17, 15) is 4.79 Å². The highest BCUT2D eigenvalue weighted by Crippen LogP contribution is 2.39. The van der Waals surface area contributed by atoms with Crippen molar-refractivity contribution in [2.75, 3.05) is 28.4 Å². The molecule has 0 aliphatic rings. The first kappa shape index (κ1) is 21.2. The molecule has 0 saturated carbocycles. The van der Waals surface area contributed by atoms with Crippen LogP contribution in [0.5, 0.6) is 28.7 Å². The highest BCUT2D eigenvalue weighted by atomic mass is 16.5. The van der Waals surface area contributed by atoms with Crippen LogP contribution < -0.4 is 29.0 Å². The van der Waals surface area contributed by atoms with Gasteiger partial charge in [0.2, 0.25) is 5.75 Å².